The van der Waals surface area contributed by atoms with Crippen LogP contribution in [0.4, 0.5) is 11.4 Å². The van der Waals surface area contributed by atoms with E-state index in [1.165, 1.54) is 5.56 Å². The fraction of sp³-hybridized carbons (Fsp3) is 0.417. The molecule has 1 saturated heterocycles. The average Bonchev–Trinajstić information content (AvgIpc) is 3.39. The van der Waals surface area contributed by atoms with Gasteiger partial charge >= 0.3 is 0 Å². The van der Waals surface area contributed by atoms with E-state index in [9.17, 15) is 9.59 Å². The summed E-state index contributed by atoms with van der Waals surface area (Å²) >= 11 is 1.65. The lowest BCUT2D eigenvalue weighted by atomic mass is 10.1. The Morgan fingerprint density at radius 1 is 1.14 bits per heavy atom. The predicted octanol–water partition coefficient (Wildman–Crippen LogP) is 5.55. The molecule has 0 aromatic heterocycles. The first kappa shape index (κ1) is 20.0. The normalized spacial score (nSPS) is 19.7. The lowest BCUT2D eigenvalue weighted by Crippen LogP contribution is -2.29. The Morgan fingerprint density at radius 3 is 2.72 bits per heavy atom. The largest absolute Gasteiger partial charge is 0.326 e. The van der Waals surface area contributed by atoms with Crippen molar-refractivity contribution >= 4 is 35.0 Å². The van der Waals surface area contributed by atoms with Crippen molar-refractivity contribution in [2.24, 2.45) is 5.92 Å². The summed E-state index contributed by atoms with van der Waals surface area (Å²) in [5.41, 5.74) is 4.09. The summed E-state index contributed by atoms with van der Waals surface area (Å²) in [5.74, 6) is 0.881. The van der Waals surface area contributed by atoms with Crippen LogP contribution in [-0.2, 0) is 16.0 Å². The number of benzene rings is 2. The third-order valence-electron chi connectivity index (χ3n) is 5.80. The maximum atomic E-state index is 12.8. The molecule has 0 radical (unpaired) electrons. The zero-order valence-corrected chi connectivity index (χ0v) is 17.7. The molecular weight excluding hydrogens is 380 g/mol. The molecule has 1 aliphatic carbocycles. The summed E-state index contributed by atoms with van der Waals surface area (Å²) in [4.78, 5) is 27.2. The van der Waals surface area contributed by atoms with Gasteiger partial charge in [0.15, 0.2) is 0 Å². The van der Waals surface area contributed by atoms with Crippen LogP contribution in [-0.4, -0.2) is 17.6 Å². The summed E-state index contributed by atoms with van der Waals surface area (Å²) < 4.78 is 0. The molecule has 2 fully saturated rings. The second-order valence-electron chi connectivity index (χ2n) is 7.90. The Bertz CT molecular complexity index is 892. The number of carbonyl (C=O) groups excluding carboxylic acids is 2. The molecule has 2 aromatic rings. The number of rotatable bonds is 6. The fourth-order valence-electron chi connectivity index (χ4n) is 4.36. The molecule has 2 aromatic carbocycles. The van der Waals surface area contributed by atoms with Crippen molar-refractivity contribution < 1.29 is 9.59 Å². The first-order chi connectivity index (χ1) is 14.2. The van der Waals surface area contributed by atoms with Crippen molar-refractivity contribution in [3.05, 3.63) is 59.7 Å². The summed E-state index contributed by atoms with van der Waals surface area (Å²) in [5, 5.41) is 3.03. The van der Waals surface area contributed by atoms with Crippen LogP contribution in [0.5, 0.6) is 0 Å². The summed E-state index contributed by atoms with van der Waals surface area (Å²) in [6, 6.07) is 16.2. The minimum Gasteiger partial charge on any atom is -0.326 e. The van der Waals surface area contributed by atoms with E-state index >= 15 is 0 Å². The van der Waals surface area contributed by atoms with Gasteiger partial charge in [0.25, 0.3) is 0 Å². The van der Waals surface area contributed by atoms with Crippen molar-refractivity contribution in [3.8, 4) is 0 Å². The highest BCUT2D eigenvalue weighted by Gasteiger charge is 2.35. The van der Waals surface area contributed by atoms with Gasteiger partial charge in [0, 0.05) is 17.3 Å². The lowest BCUT2D eigenvalue weighted by Gasteiger charge is -2.27. The monoisotopic (exact) mass is 408 g/mol. The fourth-order valence-corrected chi connectivity index (χ4v) is 5.52. The number of para-hydroxylation sites is 1. The van der Waals surface area contributed by atoms with Crippen molar-refractivity contribution in [3.63, 3.8) is 0 Å². The van der Waals surface area contributed by atoms with Crippen LogP contribution in [0.1, 0.15) is 55.5 Å². The Balaban J connectivity index is 1.58. The van der Waals surface area contributed by atoms with Crippen molar-refractivity contribution in [2.45, 2.75) is 50.8 Å². The van der Waals surface area contributed by atoms with Gasteiger partial charge in [-0.1, -0.05) is 56.5 Å². The maximum absolute atomic E-state index is 12.8. The van der Waals surface area contributed by atoms with Crippen LogP contribution in [0.2, 0.25) is 0 Å². The minimum absolute atomic E-state index is 0.0659. The van der Waals surface area contributed by atoms with E-state index in [2.05, 4.69) is 24.4 Å². The van der Waals surface area contributed by atoms with E-state index in [0.29, 0.717) is 5.75 Å². The van der Waals surface area contributed by atoms with E-state index in [0.717, 1.165) is 55.5 Å². The molecule has 1 atom stereocenters. The Morgan fingerprint density at radius 2 is 1.93 bits per heavy atom. The van der Waals surface area contributed by atoms with Crippen LogP contribution in [0.15, 0.2) is 48.5 Å². The number of nitrogens with one attached hydrogen (secondary N) is 1. The molecular formula is C24H28N2O2S. The standard InChI is InChI=1S/C24H28N2O2S/c1-2-8-17-9-5-6-14-21(17)26-22(27)16-29-24(26)19-12-7-13-20(15-19)25-23(28)18-10-3-4-11-18/h5-7,9,12-15,18,24H,2-4,8,10-11,16H2,1H3,(H,25,28)/t24-/m0/s1. The van der Waals surface area contributed by atoms with Gasteiger partial charge in [-0.05, 0) is 48.6 Å². The average molecular weight is 409 g/mol. The number of amides is 2. The first-order valence-electron chi connectivity index (χ1n) is 10.6. The Labute approximate surface area is 177 Å². The minimum atomic E-state index is -0.0659. The topological polar surface area (TPSA) is 49.4 Å². The number of anilines is 2. The first-order valence-corrected chi connectivity index (χ1v) is 11.6. The molecule has 1 saturated carbocycles. The third-order valence-corrected chi connectivity index (χ3v) is 7.02. The van der Waals surface area contributed by atoms with E-state index in [4.69, 9.17) is 0 Å². The molecule has 1 N–H and O–H groups in total. The van der Waals surface area contributed by atoms with E-state index in [-0.39, 0.29) is 23.1 Å². The van der Waals surface area contributed by atoms with Crippen LogP contribution >= 0.6 is 11.8 Å². The molecule has 1 aliphatic heterocycles. The maximum Gasteiger partial charge on any atom is 0.238 e. The van der Waals surface area contributed by atoms with Crippen LogP contribution in [0.25, 0.3) is 0 Å². The van der Waals surface area contributed by atoms with Crippen molar-refractivity contribution in [1.82, 2.24) is 0 Å². The van der Waals surface area contributed by atoms with Gasteiger partial charge in [-0.25, -0.2) is 0 Å². The van der Waals surface area contributed by atoms with Crippen LogP contribution in [0, 0.1) is 5.92 Å². The second-order valence-corrected chi connectivity index (χ2v) is 8.97. The molecule has 152 valence electrons. The zero-order chi connectivity index (χ0) is 20.2. The Hall–Kier alpha value is -2.27. The smallest absolute Gasteiger partial charge is 0.238 e. The van der Waals surface area contributed by atoms with Gasteiger partial charge in [-0.15, -0.1) is 11.8 Å². The van der Waals surface area contributed by atoms with E-state index < -0.39 is 0 Å². The molecule has 4 rings (SSSR count). The quantitative estimate of drug-likeness (QED) is 0.682. The number of aryl methyl sites for hydroxylation is 1. The van der Waals surface area contributed by atoms with Gasteiger partial charge < -0.3 is 5.32 Å². The van der Waals surface area contributed by atoms with Gasteiger partial charge in [0.05, 0.1) is 5.75 Å². The highest BCUT2D eigenvalue weighted by Crippen LogP contribution is 2.43. The predicted molar refractivity (Wildman–Crippen MR) is 120 cm³/mol. The van der Waals surface area contributed by atoms with Gasteiger partial charge in [0.2, 0.25) is 11.8 Å². The molecule has 0 spiro atoms. The highest BCUT2D eigenvalue weighted by atomic mass is 32.2. The van der Waals surface area contributed by atoms with Crippen LogP contribution in [0.3, 0.4) is 0 Å². The molecule has 2 amide bonds. The van der Waals surface area contributed by atoms with Gasteiger partial charge in [-0.3, -0.25) is 14.5 Å². The number of thioether (sulfide) groups is 1. The number of carbonyl (C=O) groups is 2. The molecule has 2 aliphatic rings. The number of nitrogens with zero attached hydrogens (tertiary/aromatic N) is 1. The van der Waals surface area contributed by atoms with Gasteiger partial charge in [0.1, 0.15) is 5.37 Å². The van der Waals surface area contributed by atoms with E-state index in [1.54, 1.807) is 11.8 Å². The molecule has 0 bridgehead atoms. The van der Waals surface area contributed by atoms with E-state index in [1.807, 2.05) is 41.3 Å². The van der Waals surface area contributed by atoms with Crippen molar-refractivity contribution in [2.75, 3.05) is 16.0 Å². The number of hydrogen-bond acceptors (Lipinski definition) is 3. The molecule has 4 nitrogen and oxygen atoms in total. The molecule has 5 heteroatoms. The molecule has 1 heterocycles. The lowest BCUT2D eigenvalue weighted by molar-refractivity contribution is -0.119. The summed E-state index contributed by atoms with van der Waals surface area (Å²) in [7, 11) is 0. The number of hydrogen-bond donors (Lipinski definition) is 1. The summed E-state index contributed by atoms with van der Waals surface area (Å²) in [6.45, 7) is 2.16. The highest BCUT2D eigenvalue weighted by molar-refractivity contribution is 8.00. The second kappa shape index (κ2) is 9.04. The summed E-state index contributed by atoms with van der Waals surface area (Å²) in [6.07, 6.45) is 6.26. The van der Waals surface area contributed by atoms with Gasteiger partial charge in [-0.2, -0.15) is 0 Å². The SMILES string of the molecule is CCCc1ccccc1N1C(=O)CS[C@H]1c1cccc(NC(=O)C2CCCC2)c1. The zero-order valence-electron chi connectivity index (χ0n) is 16.9. The van der Waals surface area contributed by atoms with Crippen molar-refractivity contribution in [1.29, 1.82) is 0 Å². The van der Waals surface area contributed by atoms with Crippen LogP contribution < -0.4 is 10.2 Å². The molecule has 0 unspecified atom stereocenters. The Kier molecular flexibility index (Phi) is 6.24. The molecule has 29 heavy (non-hydrogen) atoms. The third kappa shape index (κ3) is 4.35.